The molecule has 0 unspecified atom stereocenters. The monoisotopic (exact) mass is 406 g/mol. The zero-order valence-corrected chi connectivity index (χ0v) is 15.5. The molecule has 0 atom stereocenters. The largest absolute Gasteiger partial charge is 0.493 e. The Labute approximate surface area is 163 Å². The number of carboxylic acid groups (broad SMARTS) is 1. The van der Waals surface area contributed by atoms with Crippen LogP contribution in [-0.2, 0) is 6.54 Å². The summed E-state index contributed by atoms with van der Waals surface area (Å²) >= 11 is 1.45. The van der Waals surface area contributed by atoms with Gasteiger partial charge in [-0.05, 0) is 36.4 Å². The minimum absolute atomic E-state index is 0.0912. The van der Waals surface area contributed by atoms with E-state index in [9.17, 15) is 13.6 Å². The molecule has 3 rings (SSSR count). The summed E-state index contributed by atoms with van der Waals surface area (Å²) in [7, 11) is 1.37. The number of halogens is 2. The molecule has 0 aliphatic carbocycles. The van der Waals surface area contributed by atoms with Crippen molar-refractivity contribution in [3.05, 3.63) is 64.6 Å². The highest BCUT2D eigenvalue weighted by Crippen LogP contribution is 2.36. The second-order valence-electron chi connectivity index (χ2n) is 5.62. The van der Waals surface area contributed by atoms with Gasteiger partial charge in [0.1, 0.15) is 0 Å². The van der Waals surface area contributed by atoms with Gasteiger partial charge in [-0.3, -0.25) is 4.98 Å². The number of rotatable bonds is 8. The summed E-state index contributed by atoms with van der Waals surface area (Å²) in [5, 5.41) is 9.10. The minimum Gasteiger partial charge on any atom is -0.493 e. The van der Waals surface area contributed by atoms with Gasteiger partial charge in [0.15, 0.2) is 11.5 Å². The molecule has 0 fully saturated rings. The predicted octanol–water partition coefficient (Wildman–Crippen LogP) is 4.79. The smallest absolute Gasteiger partial charge is 0.387 e. The Hall–Kier alpha value is -3.20. The number of aromatic carboxylic acids is 1. The average molecular weight is 406 g/mol. The van der Waals surface area contributed by atoms with E-state index in [2.05, 4.69) is 9.72 Å². The molecule has 1 N–H and O–H groups in total. The summed E-state index contributed by atoms with van der Waals surface area (Å²) in [5.74, 6) is -0.938. The summed E-state index contributed by atoms with van der Waals surface area (Å²) in [5.41, 5.74) is 3.11. The first-order valence-electron chi connectivity index (χ1n) is 8.09. The van der Waals surface area contributed by atoms with Gasteiger partial charge >= 0.3 is 12.6 Å². The molecule has 0 spiro atoms. The van der Waals surface area contributed by atoms with E-state index in [1.54, 1.807) is 36.0 Å². The van der Waals surface area contributed by atoms with Gasteiger partial charge in [-0.2, -0.15) is 8.78 Å². The maximum absolute atomic E-state index is 12.8. The van der Waals surface area contributed by atoms with E-state index < -0.39 is 12.6 Å². The standard InChI is InChI=1S/C19H16F2N2O4S/c1-26-16-7-6-14(8-17(16)27-19(20)21)23(10-15-9-22-11-28-15)13-4-2-12(3-5-13)18(24)25/h2-9,11,19H,10H2,1H3,(H,24,25). The van der Waals surface area contributed by atoms with E-state index in [1.807, 2.05) is 4.90 Å². The zero-order chi connectivity index (χ0) is 20.1. The van der Waals surface area contributed by atoms with Crippen LogP contribution in [0.25, 0.3) is 0 Å². The number of alkyl halides is 2. The molecule has 0 bridgehead atoms. The van der Waals surface area contributed by atoms with Crippen molar-refractivity contribution in [1.82, 2.24) is 4.98 Å². The zero-order valence-electron chi connectivity index (χ0n) is 14.7. The van der Waals surface area contributed by atoms with Crippen LogP contribution in [-0.4, -0.2) is 29.8 Å². The van der Waals surface area contributed by atoms with Gasteiger partial charge in [-0.1, -0.05) is 0 Å². The lowest BCUT2D eigenvalue weighted by Crippen LogP contribution is -2.16. The molecule has 0 saturated carbocycles. The number of carboxylic acids is 1. The van der Waals surface area contributed by atoms with Gasteiger partial charge in [0, 0.05) is 28.5 Å². The Morgan fingerprint density at radius 1 is 1.18 bits per heavy atom. The Balaban J connectivity index is 2.02. The van der Waals surface area contributed by atoms with Crippen LogP contribution in [0, 0.1) is 0 Å². The van der Waals surface area contributed by atoms with Gasteiger partial charge < -0.3 is 19.5 Å². The topological polar surface area (TPSA) is 71.9 Å². The molecular weight excluding hydrogens is 390 g/mol. The van der Waals surface area contributed by atoms with Gasteiger partial charge in [-0.25, -0.2) is 4.79 Å². The maximum atomic E-state index is 12.8. The van der Waals surface area contributed by atoms with Crippen LogP contribution in [0.15, 0.2) is 54.2 Å². The third kappa shape index (κ3) is 4.55. The summed E-state index contributed by atoms with van der Waals surface area (Å²) in [6.07, 6.45) is 1.71. The molecule has 6 nitrogen and oxygen atoms in total. The number of hydrogen-bond acceptors (Lipinski definition) is 6. The lowest BCUT2D eigenvalue weighted by Gasteiger charge is -2.25. The molecule has 0 aliphatic rings. The second-order valence-corrected chi connectivity index (χ2v) is 6.59. The molecule has 9 heteroatoms. The number of nitrogens with zero attached hydrogens (tertiary/aromatic N) is 2. The molecule has 0 saturated heterocycles. The highest BCUT2D eigenvalue weighted by atomic mass is 32.1. The normalized spacial score (nSPS) is 10.7. The highest BCUT2D eigenvalue weighted by Gasteiger charge is 2.17. The van der Waals surface area contributed by atoms with Crippen LogP contribution in [0.5, 0.6) is 11.5 Å². The SMILES string of the molecule is COc1ccc(N(Cc2cncs2)c2ccc(C(=O)O)cc2)cc1OC(F)F. The number of anilines is 2. The van der Waals surface area contributed by atoms with Crippen molar-refractivity contribution in [2.24, 2.45) is 0 Å². The number of thiazole rings is 1. The van der Waals surface area contributed by atoms with E-state index in [1.165, 1.54) is 36.6 Å². The highest BCUT2D eigenvalue weighted by molar-refractivity contribution is 7.09. The molecule has 0 aliphatic heterocycles. The molecule has 0 radical (unpaired) electrons. The fraction of sp³-hybridized carbons (Fsp3) is 0.158. The van der Waals surface area contributed by atoms with Crippen molar-refractivity contribution in [3.63, 3.8) is 0 Å². The van der Waals surface area contributed by atoms with Crippen LogP contribution >= 0.6 is 11.3 Å². The van der Waals surface area contributed by atoms with E-state index in [4.69, 9.17) is 9.84 Å². The predicted molar refractivity (Wildman–Crippen MR) is 101 cm³/mol. The molecule has 28 heavy (non-hydrogen) atoms. The van der Waals surface area contributed by atoms with Crippen molar-refractivity contribution in [2.45, 2.75) is 13.2 Å². The quantitative estimate of drug-likeness (QED) is 0.580. The Kier molecular flexibility index (Phi) is 6.05. The Morgan fingerprint density at radius 3 is 2.46 bits per heavy atom. The molecule has 146 valence electrons. The summed E-state index contributed by atoms with van der Waals surface area (Å²) in [4.78, 5) is 17.9. The van der Waals surface area contributed by atoms with Crippen LogP contribution < -0.4 is 14.4 Å². The second kappa shape index (κ2) is 8.66. The van der Waals surface area contributed by atoms with Crippen molar-refractivity contribution in [3.8, 4) is 11.5 Å². The lowest BCUT2D eigenvalue weighted by atomic mass is 10.1. The van der Waals surface area contributed by atoms with Crippen molar-refractivity contribution >= 4 is 28.7 Å². The van der Waals surface area contributed by atoms with Crippen molar-refractivity contribution < 1.29 is 28.2 Å². The first-order chi connectivity index (χ1) is 13.5. The van der Waals surface area contributed by atoms with Crippen molar-refractivity contribution in [1.29, 1.82) is 0 Å². The van der Waals surface area contributed by atoms with Crippen LogP contribution in [0.1, 0.15) is 15.2 Å². The summed E-state index contributed by atoms with van der Waals surface area (Å²) < 4.78 is 35.2. The third-order valence-corrected chi connectivity index (χ3v) is 4.66. The molecule has 3 aromatic rings. The maximum Gasteiger partial charge on any atom is 0.387 e. The summed E-state index contributed by atoms with van der Waals surface area (Å²) in [6, 6.07) is 11.0. The number of ether oxygens (including phenoxy) is 2. The van der Waals surface area contributed by atoms with Gasteiger partial charge in [0.05, 0.1) is 24.7 Å². The van der Waals surface area contributed by atoms with Gasteiger partial charge in [0.25, 0.3) is 0 Å². The van der Waals surface area contributed by atoms with Gasteiger partial charge in [0.2, 0.25) is 0 Å². The number of benzene rings is 2. The van der Waals surface area contributed by atoms with Crippen LogP contribution in [0.3, 0.4) is 0 Å². The van der Waals surface area contributed by atoms with Crippen molar-refractivity contribution in [2.75, 3.05) is 12.0 Å². The number of methoxy groups -OCH3 is 1. The fourth-order valence-electron chi connectivity index (χ4n) is 2.61. The third-order valence-electron chi connectivity index (χ3n) is 3.90. The van der Waals surface area contributed by atoms with Crippen LogP contribution in [0.4, 0.5) is 20.2 Å². The number of aromatic nitrogens is 1. The van der Waals surface area contributed by atoms with E-state index in [0.29, 0.717) is 17.9 Å². The molecule has 1 aromatic heterocycles. The van der Waals surface area contributed by atoms with E-state index >= 15 is 0 Å². The lowest BCUT2D eigenvalue weighted by molar-refractivity contribution is -0.0511. The number of hydrogen-bond donors (Lipinski definition) is 1. The fourth-order valence-corrected chi connectivity index (χ4v) is 3.20. The molecule has 2 aromatic carbocycles. The summed E-state index contributed by atoms with van der Waals surface area (Å²) in [6.45, 7) is -2.58. The van der Waals surface area contributed by atoms with Gasteiger partial charge in [-0.15, -0.1) is 11.3 Å². The Morgan fingerprint density at radius 2 is 1.89 bits per heavy atom. The Bertz CT molecular complexity index is 934. The molecule has 1 heterocycles. The average Bonchev–Trinajstić information content (AvgIpc) is 3.19. The first-order valence-corrected chi connectivity index (χ1v) is 8.97. The molecular formula is C19H16F2N2O4S. The van der Waals surface area contributed by atoms with E-state index in [-0.39, 0.29) is 17.1 Å². The van der Waals surface area contributed by atoms with Crippen LogP contribution in [0.2, 0.25) is 0 Å². The minimum atomic E-state index is -2.99. The first kappa shape index (κ1) is 19.6. The van der Waals surface area contributed by atoms with E-state index in [0.717, 1.165) is 4.88 Å². The number of carbonyl (C=O) groups is 1. The molecule has 0 amide bonds.